The van der Waals surface area contributed by atoms with E-state index >= 15 is 0 Å². The van der Waals surface area contributed by atoms with Crippen molar-refractivity contribution in [1.82, 2.24) is 5.16 Å². The van der Waals surface area contributed by atoms with Crippen LogP contribution in [0.1, 0.15) is 40.7 Å². The molecule has 0 aliphatic carbocycles. The third-order valence-corrected chi connectivity index (χ3v) is 5.37. The van der Waals surface area contributed by atoms with E-state index in [0.717, 1.165) is 11.3 Å². The molecule has 0 bridgehead atoms. The van der Waals surface area contributed by atoms with Crippen molar-refractivity contribution in [1.29, 1.82) is 5.26 Å². The predicted octanol–water partition coefficient (Wildman–Crippen LogP) is 4.37. The maximum absolute atomic E-state index is 13.0. The lowest BCUT2D eigenvalue weighted by atomic mass is 10.2. The van der Waals surface area contributed by atoms with E-state index in [2.05, 4.69) is 5.16 Å². The maximum atomic E-state index is 13.0. The average molecular weight is 478 g/mol. The number of nitriles is 1. The Hall–Kier alpha value is -4.32. The molecule has 0 aliphatic rings. The van der Waals surface area contributed by atoms with E-state index in [1.54, 1.807) is 37.3 Å². The Balaban J connectivity index is 1.70. The molecule has 0 fully saturated rings. The lowest BCUT2D eigenvalue weighted by molar-refractivity contribution is -0.126. The molecule has 3 rings (SSSR count). The Bertz CT molecular complexity index is 1200. The number of ether oxygens (including phenoxy) is 3. The van der Waals surface area contributed by atoms with Crippen molar-refractivity contribution in [3.8, 4) is 17.6 Å². The number of hydrogen-bond donors (Lipinski definition) is 0. The minimum atomic E-state index is -1.07. The number of aromatic nitrogens is 1. The fraction of sp³-hybridized carbons (Fsp3) is 0.308. The summed E-state index contributed by atoms with van der Waals surface area (Å²) in [5.74, 6) is 0.325. The normalized spacial score (nSPS) is 11.3. The molecule has 2 aromatic carbocycles. The van der Waals surface area contributed by atoms with Crippen LogP contribution in [0.4, 0.5) is 5.69 Å². The summed E-state index contributed by atoms with van der Waals surface area (Å²) in [6, 6.07) is 15.6. The summed E-state index contributed by atoms with van der Waals surface area (Å²) in [4.78, 5) is 27.2. The predicted molar refractivity (Wildman–Crippen MR) is 127 cm³/mol. The Kier molecular flexibility index (Phi) is 8.46. The zero-order valence-corrected chi connectivity index (χ0v) is 20.1. The number of nitrogens with zero attached hydrogens (tertiary/aromatic N) is 3. The Morgan fingerprint density at radius 3 is 2.51 bits per heavy atom. The molecule has 182 valence electrons. The van der Waals surface area contributed by atoms with E-state index in [0.29, 0.717) is 22.9 Å². The van der Waals surface area contributed by atoms with Gasteiger partial charge in [0.15, 0.2) is 17.6 Å². The van der Waals surface area contributed by atoms with E-state index < -0.39 is 18.0 Å². The molecule has 0 radical (unpaired) electrons. The van der Waals surface area contributed by atoms with Gasteiger partial charge in [-0.25, -0.2) is 4.79 Å². The molecule has 0 saturated heterocycles. The monoisotopic (exact) mass is 477 g/mol. The molecule has 9 nitrogen and oxygen atoms in total. The van der Waals surface area contributed by atoms with Gasteiger partial charge >= 0.3 is 5.97 Å². The second-order valence-electron chi connectivity index (χ2n) is 7.74. The second kappa shape index (κ2) is 11.7. The molecule has 9 heteroatoms. The topological polar surface area (TPSA) is 115 Å². The van der Waals surface area contributed by atoms with Gasteiger partial charge in [0.1, 0.15) is 12.4 Å². The molecule has 1 amide bonds. The second-order valence-corrected chi connectivity index (χ2v) is 7.74. The molecule has 0 N–H and O–H groups in total. The molecule has 1 aromatic heterocycles. The highest BCUT2D eigenvalue weighted by atomic mass is 16.5. The summed E-state index contributed by atoms with van der Waals surface area (Å²) in [6.07, 6.45) is -0.920. The van der Waals surface area contributed by atoms with Crippen LogP contribution in [0.15, 0.2) is 53.1 Å². The van der Waals surface area contributed by atoms with E-state index in [-0.39, 0.29) is 25.1 Å². The van der Waals surface area contributed by atoms with Gasteiger partial charge in [0.25, 0.3) is 5.91 Å². The summed E-state index contributed by atoms with van der Waals surface area (Å²) in [5.41, 5.74) is 2.40. The highest BCUT2D eigenvalue weighted by Crippen LogP contribution is 2.30. The minimum Gasteiger partial charge on any atom is -0.493 e. The first-order valence-corrected chi connectivity index (χ1v) is 11.0. The minimum absolute atomic E-state index is 0.147. The van der Waals surface area contributed by atoms with Crippen molar-refractivity contribution in [2.24, 2.45) is 0 Å². The van der Waals surface area contributed by atoms with E-state index in [1.165, 1.54) is 31.1 Å². The third kappa shape index (κ3) is 6.18. The first-order chi connectivity index (χ1) is 16.8. The fourth-order valence-corrected chi connectivity index (χ4v) is 3.41. The Labute approximate surface area is 203 Å². The molecule has 0 spiro atoms. The number of carbonyl (C=O) groups is 2. The van der Waals surface area contributed by atoms with Crippen LogP contribution in [0.25, 0.3) is 0 Å². The van der Waals surface area contributed by atoms with Crippen molar-refractivity contribution < 1.29 is 28.3 Å². The summed E-state index contributed by atoms with van der Waals surface area (Å²) < 4.78 is 21.8. The molecular formula is C26H27N3O6. The summed E-state index contributed by atoms with van der Waals surface area (Å²) >= 11 is 0. The van der Waals surface area contributed by atoms with E-state index in [1.807, 2.05) is 19.1 Å². The van der Waals surface area contributed by atoms with Crippen LogP contribution in [0, 0.1) is 25.2 Å². The van der Waals surface area contributed by atoms with Gasteiger partial charge in [0.05, 0.1) is 36.4 Å². The molecular weight excluding hydrogens is 450 g/mol. The lowest BCUT2D eigenvalue weighted by Crippen LogP contribution is -2.40. The lowest BCUT2D eigenvalue weighted by Gasteiger charge is -2.25. The highest BCUT2D eigenvalue weighted by molar-refractivity contribution is 5.99. The summed E-state index contributed by atoms with van der Waals surface area (Å²) in [6.45, 7) is 5.54. The number of rotatable bonds is 10. The summed E-state index contributed by atoms with van der Waals surface area (Å²) in [5, 5.41) is 12.9. The third-order valence-electron chi connectivity index (χ3n) is 5.37. The molecule has 0 aliphatic heterocycles. The van der Waals surface area contributed by atoms with Gasteiger partial charge in [-0.15, -0.1) is 0 Å². The molecule has 1 atom stereocenters. The van der Waals surface area contributed by atoms with Crippen LogP contribution in [-0.4, -0.2) is 36.8 Å². The molecule has 1 unspecified atom stereocenters. The van der Waals surface area contributed by atoms with Crippen LogP contribution in [0.5, 0.6) is 11.5 Å². The smallest absolute Gasteiger partial charge is 0.339 e. The number of anilines is 1. The number of methoxy groups -OCH3 is 1. The van der Waals surface area contributed by atoms with Gasteiger partial charge in [0.2, 0.25) is 0 Å². The Morgan fingerprint density at radius 2 is 1.89 bits per heavy atom. The first-order valence-electron chi connectivity index (χ1n) is 11.0. The van der Waals surface area contributed by atoms with Crippen molar-refractivity contribution in [2.75, 3.05) is 18.6 Å². The van der Waals surface area contributed by atoms with Gasteiger partial charge in [-0.1, -0.05) is 23.4 Å². The van der Waals surface area contributed by atoms with Crippen LogP contribution >= 0.6 is 0 Å². The van der Waals surface area contributed by atoms with Crippen molar-refractivity contribution in [3.63, 3.8) is 0 Å². The van der Waals surface area contributed by atoms with Crippen LogP contribution < -0.4 is 14.4 Å². The quantitative estimate of drug-likeness (QED) is 0.395. The van der Waals surface area contributed by atoms with Crippen molar-refractivity contribution >= 4 is 17.6 Å². The standard InChI is InChI=1S/C26H27N3O6/c1-17-22(18(2)35-28-17)16-33-23-12-11-20(15-24(23)32-4)26(31)34-19(3)25(30)29(14-8-13-27)21-9-6-5-7-10-21/h5-7,9-12,15,19H,8,14,16H2,1-4H3. The van der Waals surface area contributed by atoms with Crippen LogP contribution in [0.2, 0.25) is 0 Å². The van der Waals surface area contributed by atoms with Gasteiger partial charge in [-0.3, -0.25) is 4.79 Å². The van der Waals surface area contributed by atoms with Crippen LogP contribution in [0.3, 0.4) is 0 Å². The molecule has 1 heterocycles. The zero-order valence-electron chi connectivity index (χ0n) is 20.1. The molecule has 3 aromatic rings. The van der Waals surface area contributed by atoms with Gasteiger partial charge in [0, 0.05) is 12.2 Å². The highest BCUT2D eigenvalue weighted by Gasteiger charge is 2.26. The number of amides is 1. The molecule has 35 heavy (non-hydrogen) atoms. The SMILES string of the molecule is COc1cc(C(=O)OC(C)C(=O)N(CCC#N)c2ccccc2)ccc1OCc1c(C)noc1C. The number of benzene rings is 2. The first kappa shape index (κ1) is 25.3. The van der Waals surface area contributed by atoms with Crippen molar-refractivity contribution in [2.45, 2.75) is 39.9 Å². The van der Waals surface area contributed by atoms with Gasteiger partial charge in [-0.05, 0) is 51.1 Å². The number of hydrogen-bond acceptors (Lipinski definition) is 8. The van der Waals surface area contributed by atoms with Crippen LogP contribution in [-0.2, 0) is 16.1 Å². The summed E-state index contributed by atoms with van der Waals surface area (Å²) in [7, 11) is 1.46. The zero-order chi connectivity index (χ0) is 25.4. The number of esters is 1. The van der Waals surface area contributed by atoms with E-state index in [9.17, 15) is 9.59 Å². The fourth-order valence-electron chi connectivity index (χ4n) is 3.41. The van der Waals surface area contributed by atoms with E-state index in [4.69, 9.17) is 24.0 Å². The largest absolute Gasteiger partial charge is 0.493 e. The van der Waals surface area contributed by atoms with Gasteiger partial charge in [-0.2, -0.15) is 5.26 Å². The maximum Gasteiger partial charge on any atom is 0.339 e. The molecule has 0 saturated carbocycles. The van der Waals surface area contributed by atoms with Crippen molar-refractivity contribution in [3.05, 3.63) is 71.1 Å². The average Bonchev–Trinajstić information content (AvgIpc) is 3.20. The number of para-hydroxylation sites is 1. The number of aryl methyl sites for hydroxylation is 2. The number of carbonyl (C=O) groups excluding carboxylic acids is 2. The van der Waals surface area contributed by atoms with Gasteiger partial charge < -0.3 is 23.6 Å². The Morgan fingerprint density at radius 1 is 1.14 bits per heavy atom.